The van der Waals surface area contributed by atoms with Crippen molar-refractivity contribution in [1.82, 2.24) is 10.3 Å². The van der Waals surface area contributed by atoms with Crippen molar-refractivity contribution in [2.45, 2.75) is 12.1 Å². The van der Waals surface area contributed by atoms with Crippen LogP contribution in [0.25, 0.3) is 11.3 Å². The Morgan fingerprint density at radius 2 is 1.88 bits per heavy atom. The van der Waals surface area contributed by atoms with Gasteiger partial charge in [-0.15, -0.1) is 0 Å². The first-order valence-corrected chi connectivity index (χ1v) is 10.5. The van der Waals surface area contributed by atoms with Gasteiger partial charge in [0.25, 0.3) is 5.69 Å². The highest BCUT2D eigenvalue weighted by Crippen LogP contribution is 2.43. The number of rotatable bonds is 5. The lowest BCUT2D eigenvalue weighted by Gasteiger charge is -2.26. The van der Waals surface area contributed by atoms with Gasteiger partial charge in [0.05, 0.1) is 22.3 Å². The van der Waals surface area contributed by atoms with Crippen LogP contribution in [0.2, 0.25) is 0 Å². The molecule has 7 nitrogen and oxygen atoms in total. The molecule has 0 spiro atoms. The van der Waals surface area contributed by atoms with E-state index in [9.17, 15) is 14.5 Å². The molecular weight excluding hydrogens is 443 g/mol. The molecule has 164 valence electrons. The molecule has 5 rings (SSSR count). The summed E-state index contributed by atoms with van der Waals surface area (Å²) in [5.74, 6) is 0.557. The van der Waals surface area contributed by atoms with Gasteiger partial charge in [-0.05, 0) is 48.6 Å². The van der Waals surface area contributed by atoms with E-state index in [-0.39, 0.29) is 5.69 Å². The molecule has 2 unspecified atom stereocenters. The van der Waals surface area contributed by atoms with Crippen LogP contribution < -0.4 is 10.2 Å². The van der Waals surface area contributed by atoms with Crippen LogP contribution in [0.1, 0.15) is 23.5 Å². The minimum Gasteiger partial charge on any atom is -0.459 e. The first kappa shape index (κ1) is 20.8. The summed E-state index contributed by atoms with van der Waals surface area (Å²) < 4.78 is 21.0. The second-order valence-electron chi connectivity index (χ2n) is 7.46. The van der Waals surface area contributed by atoms with E-state index in [0.29, 0.717) is 27.9 Å². The molecule has 0 amide bonds. The molecule has 2 atom stereocenters. The Morgan fingerprint density at radius 3 is 2.64 bits per heavy atom. The number of nitro groups is 1. The van der Waals surface area contributed by atoms with Gasteiger partial charge >= 0.3 is 0 Å². The number of non-ortho nitro benzene ring substituents is 1. The molecule has 33 heavy (non-hydrogen) atoms. The summed E-state index contributed by atoms with van der Waals surface area (Å²) in [4.78, 5) is 16.9. The van der Waals surface area contributed by atoms with Gasteiger partial charge in [0.15, 0.2) is 5.11 Å². The number of benzene rings is 2. The number of hydrogen-bond acceptors (Lipinski definition) is 5. The maximum Gasteiger partial charge on any atom is 0.270 e. The Morgan fingerprint density at radius 1 is 1.06 bits per heavy atom. The fraction of sp³-hybridized carbons (Fsp3) is 0.0833. The van der Waals surface area contributed by atoms with Gasteiger partial charge in [-0.1, -0.05) is 30.3 Å². The summed E-state index contributed by atoms with van der Waals surface area (Å²) in [6.07, 6.45) is 1.68. The number of hydrogen-bond donors (Lipinski definition) is 1. The molecule has 2 aromatic heterocycles. The van der Waals surface area contributed by atoms with Crippen molar-refractivity contribution in [1.29, 1.82) is 0 Å². The van der Waals surface area contributed by atoms with Crippen LogP contribution in [0, 0.1) is 15.9 Å². The summed E-state index contributed by atoms with van der Waals surface area (Å²) in [5.41, 5.74) is 1.56. The third kappa shape index (κ3) is 3.83. The smallest absolute Gasteiger partial charge is 0.270 e. The first-order chi connectivity index (χ1) is 16.0. The summed E-state index contributed by atoms with van der Waals surface area (Å²) in [5, 5.41) is 14.8. The summed E-state index contributed by atoms with van der Waals surface area (Å²) in [6, 6.07) is 20.7. The lowest BCUT2D eigenvalue weighted by Crippen LogP contribution is -2.30. The Balaban J connectivity index is 1.60. The number of anilines is 1. The number of nitrogens with zero attached hydrogens (tertiary/aromatic N) is 3. The van der Waals surface area contributed by atoms with Gasteiger partial charge in [0, 0.05) is 23.9 Å². The average molecular weight is 460 g/mol. The fourth-order valence-electron chi connectivity index (χ4n) is 3.99. The average Bonchev–Trinajstić information content (AvgIpc) is 3.45. The van der Waals surface area contributed by atoms with E-state index in [4.69, 9.17) is 16.6 Å². The zero-order valence-electron chi connectivity index (χ0n) is 17.1. The highest BCUT2D eigenvalue weighted by molar-refractivity contribution is 7.80. The van der Waals surface area contributed by atoms with Crippen molar-refractivity contribution in [3.05, 3.63) is 112 Å². The molecule has 1 fully saturated rings. The Labute approximate surface area is 193 Å². The van der Waals surface area contributed by atoms with E-state index >= 15 is 0 Å². The number of thiocarbonyl (C=S) groups is 1. The van der Waals surface area contributed by atoms with Gasteiger partial charge in [-0.3, -0.25) is 15.1 Å². The van der Waals surface area contributed by atoms with Crippen LogP contribution in [-0.2, 0) is 0 Å². The second-order valence-corrected chi connectivity index (χ2v) is 7.84. The summed E-state index contributed by atoms with van der Waals surface area (Å²) in [7, 11) is 0. The van der Waals surface area contributed by atoms with Crippen LogP contribution in [0.3, 0.4) is 0 Å². The molecule has 0 aliphatic carbocycles. The topological polar surface area (TPSA) is 84.4 Å². The summed E-state index contributed by atoms with van der Waals surface area (Å²) in [6.45, 7) is 0. The van der Waals surface area contributed by atoms with Gasteiger partial charge in [0.1, 0.15) is 23.4 Å². The van der Waals surface area contributed by atoms with Crippen molar-refractivity contribution < 1.29 is 13.7 Å². The van der Waals surface area contributed by atoms with Crippen LogP contribution >= 0.6 is 12.2 Å². The molecule has 3 heterocycles. The summed E-state index contributed by atoms with van der Waals surface area (Å²) >= 11 is 5.59. The quantitative estimate of drug-likeness (QED) is 0.237. The fourth-order valence-corrected chi connectivity index (χ4v) is 4.33. The third-order valence-corrected chi connectivity index (χ3v) is 5.78. The molecule has 0 saturated carbocycles. The highest BCUT2D eigenvalue weighted by atomic mass is 32.1. The lowest BCUT2D eigenvalue weighted by atomic mass is 10.0. The first-order valence-electron chi connectivity index (χ1n) is 10.1. The minimum atomic E-state index is -0.531. The van der Waals surface area contributed by atoms with E-state index < -0.39 is 22.8 Å². The van der Waals surface area contributed by atoms with Crippen LogP contribution in [0.4, 0.5) is 15.8 Å². The molecule has 1 saturated heterocycles. The van der Waals surface area contributed by atoms with Gasteiger partial charge in [-0.25, -0.2) is 4.39 Å². The van der Waals surface area contributed by atoms with Crippen molar-refractivity contribution >= 4 is 28.7 Å². The van der Waals surface area contributed by atoms with Crippen LogP contribution in [0.5, 0.6) is 0 Å². The Bertz CT molecular complexity index is 1340. The standard InChI is InChI=1S/C24H17FN4O3S/c25-17-8-1-2-10-19(17)28-23(22(27-24(28)33)18-9-3-4-13-26-18)21-12-11-20(32-21)15-6-5-7-16(14-15)29(30)31/h1-14,22-23H,(H,27,33). The largest absolute Gasteiger partial charge is 0.459 e. The number of nitrogens with one attached hydrogen (secondary N) is 1. The number of aromatic nitrogens is 1. The highest BCUT2D eigenvalue weighted by Gasteiger charge is 2.43. The molecule has 2 aromatic carbocycles. The molecule has 4 aromatic rings. The monoisotopic (exact) mass is 460 g/mol. The maximum absolute atomic E-state index is 14.8. The molecule has 0 bridgehead atoms. The number of furan rings is 1. The van der Waals surface area contributed by atoms with Crippen molar-refractivity contribution in [2.75, 3.05) is 4.90 Å². The lowest BCUT2D eigenvalue weighted by molar-refractivity contribution is -0.384. The minimum absolute atomic E-state index is 0.0338. The van der Waals surface area contributed by atoms with Gasteiger partial charge in [0.2, 0.25) is 0 Å². The molecule has 0 radical (unpaired) electrons. The zero-order valence-corrected chi connectivity index (χ0v) is 17.9. The van der Waals surface area contributed by atoms with Gasteiger partial charge in [-0.2, -0.15) is 0 Å². The van der Waals surface area contributed by atoms with Crippen molar-refractivity contribution in [3.8, 4) is 11.3 Å². The van der Waals surface area contributed by atoms with E-state index in [0.717, 1.165) is 5.69 Å². The van der Waals surface area contributed by atoms with Crippen LogP contribution in [-0.4, -0.2) is 15.0 Å². The maximum atomic E-state index is 14.8. The normalized spacial score (nSPS) is 17.7. The van der Waals surface area contributed by atoms with E-state index in [1.165, 1.54) is 18.2 Å². The molecule has 1 N–H and O–H groups in total. The molecular formula is C24H17FN4O3S. The predicted octanol–water partition coefficient (Wildman–Crippen LogP) is 5.57. The molecule has 1 aliphatic rings. The van der Waals surface area contributed by atoms with E-state index in [2.05, 4.69) is 10.3 Å². The van der Waals surface area contributed by atoms with E-state index in [1.807, 2.05) is 18.2 Å². The van der Waals surface area contributed by atoms with E-state index in [1.54, 1.807) is 53.6 Å². The Kier molecular flexibility index (Phi) is 5.31. The number of pyridine rings is 1. The van der Waals surface area contributed by atoms with Gasteiger partial charge < -0.3 is 14.6 Å². The van der Waals surface area contributed by atoms with Crippen molar-refractivity contribution in [2.24, 2.45) is 0 Å². The van der Waals surface area contributed by atoms with Crippen LogP contribution in [0.15, 0.2) is 89.5 Å². The van der Waals surface area contributed by atoms with Crippen molar-refractivity contribution in [3.63, 3.8) is 0 Å². The second kappa shape index (κ2) is 8.44. The number of para-hydroxylation sites is 1. The third-order valence-electron chi connectivity index (χ3n) is 5.47. The SMILES string of the molecule is O=[N+]([O-])c1cccc(-c2ccc(C3C(c4ccccn4)NC(=S)N3c3ccccc3F)o2)c1. The predicted molar refractivity (Wildman–Crippen MR) is 125 cm³/mol. The zero-order chi connectivity index (χ0) is 22.9. The molecule has 1 aliphatic heterocycles. The number of halogens is 1. The Hall–Kier alpha value is -4.11. The number of nitro benzene ring substituents is 1. The molecule has 9 heteroatoms.